The minimum atomic E-state index is -0.708. The second-order valence-electron chi connectivity index (χ2n) is 10.3. The van der Waals surface area contributed by atoms with Crippen LogP contribution in [0.1, 0.15) is 43.3 Å². The standard InChI is InChI=1S/C29H29F2N3O4S/c1-29(2,3)38-26(35)16-37-24-10-8-18(13-22(24)31)27-20(17-7-9-23(33-4)21(30)12-17)14-25(39-27)28(36)34-11-5-6-19(32)15-34/h7-10,12-14,19H,5-6,11,15-16,32H2,1-3H3/t19-/m1/s1. The molecule has 1 aliphatic heterocycles. The molecule has 2 heterocycles. The number of carbonyl (C=O) groups excluding carboxylic acids is 2. The van der Waals surface area contributed by atoms with E-state index in [-0.39, 0.29) is 23.4 Å². The molecular weight excluding hydrogens is 524 g/mol. The number of halogens is 2. The highest BCUT2D eigenvalue weighted by Gasteiger charge is 2.26. The summed E-state index contributed by atoms with van der Waals surface area (Å²) >= 11 is 1.17. The molecule has 4 rings (SSSR count). The lowest BCUT2D eigenvalue weighted by atomic mass is 10.0. The summed E-state index contributed by atoms with van der Waals surface area (Å²) in [6.45, 7) is 12.8. The van der Waals surface area contributed by atoms with Crippen molar-refractivity contribution in [1.82, 2.24) is 4.90 Å². The van der Waals surface area contributed by atoms with Crippen molar-refractivity contribution in [1.29, 1.82) is 0 Å². The van der Waals surface area contributed by atoms with E-state index in [0.717, 1.165) is 12.8 Å². The zero-order chi connectivity index (χ0) is 28.3. The Morgan fingerprint density at radius 3 is 2.49 bits per heavy atom. The third-order valence-corrected chi connectivity index (χ3v) is 7.20. The summed E-state index contributed by atoms with van der Waals surface area (Å²) in [5.74, 6) is -2.35. The fraction of sp³-hybridized carbons (Fsp3) is 0.345. The van der Waals surface area contributed by atoms with E-state index >= 15 is 4.39 Å². The Bertz CT molecular complexity index is 1440. The van der Waals surface area contributed by atoms with E-state index < -0.39 is 29.8 Å². The molecule has 0 aliphatic carbocycles. The van der Waals surface area contributed by atoms with Gasteiger partial charge in [-0.3, -0.25) is 4.79 Å². The molecule has 2 aromatic carbocycles. The first kappa shape index (κ1) is 28.2. The number of benzene rings is 2. The van der Waals surface area contributed by atoms with Gasteiger partial charge in [-0.2, -0.15) is 0 Å². The van der Waals surface area contributed by atoms with Crippen molar-refractivity contribution in [2.75, 3.05) is 19.7 Å². The molecule has 10 heteroatoms. The Morgan fingerprint density at radius 1 is 1.13 bits per heavy atom. The zero-order valence-corrected chi connectivity index (χ0v) is 22.7. The molecule has 0 saturated carbocycles. The van der Waals surface area contributed by atoms with Crippen molar-refractivity contribution in [3.8, 4) is 27.3 Å². The predicted octanol–water partition coefficient (Wildman–Crippen LogP) is 6.19. The quantitative estimate of drug-likeness (QED) is 0.290. The van der Waals surface area contributed by atoms with E-state index in [0.29, 0.717) is 39.5 Å². The second kappa shape index (κ2) is 11.5. The SMILES string of the molecule is [C-]#[N+]c1ccc(-c2cc(C(=O)N3CCC[C@@H](N)C3)sc2-c2ccc(OCC(=O)OC(C)(C)C)c(F)c2)cc1F. The summed E-state index contributed by atoms with van der Waals surface area (Å²) in [5, 5.41) is 0. The molecule has 1 aromatic heterocycles. The average molecular weight is 554 g/mol. The topological polar surface area (TPSA) is 86.2 Å². The fourth-order valence-electron chi connectivity index (χ4n) is 4.31. The molecule has 1 fully saturated rings. The highest BCUT2D eigenvalue weighted by atomic mass is 32.1. The van der Waals surface area contributed by atoms with Crippen LogP contribution < -0.4 is 10.5 Å². The molecule has 204 valence electrons. The Labute approximate surface area is 230 Å². The highest BCUT2D eigenvalue weighted by Crippen LogP contribution is 2.42. The predicted molar refractivity (Wildman–Crippen MR) is 146 cm³/mol. The number of piperidine rings is 1. The van der Waals surface area contributed by atoms with E-state index in [9.17, 15) is 14.0 Å². The number of ether oxygens (including phenoxy) is 2. The third-order valence-electron chi connectivity index (χ3n) is 6.03. The van der Waals surface area contributed by atoms with E-state index in [1.165, 1.54) is 35.6 Å². The van der Waals surface area contributed by atoms with Crippen molar-refractivity contribution in [2.45, 2.75) is 45.3 Å². The van der Waals surface area contributed by atoms with E-state index in [1.54, 1.807) is 43.9 Å². The second-order valence-corrected chi connectivity index (χ2v) is 11.4. The lowest BCUT2D eigenvalue weighted by molar-refractivity contribution is -0.157. The van der Waals surface area contributed by atoms with Gasteiger partial charge in [0.05, 0.1) is 11.4 Å². The fourth-order valence-corrected chi connectivity index (χ4v) is 5.45. The van der Waals surface area contributed by atoms with Crippen LogP contribution >= 0.6 is 11.3 Å². The molecule has 1 atom stereocenters. The molecule has 2 N–H and O–H groups in total. The minimum absolute atomic E-state index is 0.0980. The number of amides is 1. The van der Waals surface area contributed by atoms with Crippen LogP contribution in [0.5, 0.6) is 5.75 Å². The Balaban J connectivity index is 1.68. The lowest BCUT2D eigenvalue weighted by Crippen LogP contribution is -2.45. The maximum atomic E-state index is 15.1. The van der Waals surface area contributed by atoms with Crippen LogP contribution in [0.3, 0.4) is 0 Å². The summed E-state index contributed by atoms with van der Waals surface area (Å²) in [6.07, 6.45) is 1.65. The van der Waals surface area contributed by atoms with Gasteiger partial charge in [0.1, 0.15) is 11.4 Å². The van der Waals surface area contributed by atoms with Crippen LogP contribution in [-0.4, -0.2) is 48.1 Å². The van der Waals surface area contributed by atoms with Gasteiger partial charge in [0, 0.05) is 29.6 Å². The highest BCUT2D eigenvalue weighted by molar-refractivity contribution is 7.18. The maximum Gasteiger partial charge on any atom is 0.344 e. The van der Waals surface area contributed by atoms with Gasteiger partial charge in [-0.15, -0.1) is 11.3 Å². The number of nitrogens with two attached hydrogens (primary N) is 1. The first-order valence-electron chi connectivity index (χ1n) is 12.5. The van der Waals surface area contributed by atoms with Crippen LogP contribution in [0.25, 0.3) is 26.4 Å². The van der Waals surface area contributed by atoms with Gasteiger partial charge in [-0.1, -0.05) is 12.1 Å². The van der Waals surface area contributed by atoms with Crippen molar-refractivity contribution >= 4 is 28.9 Å². The van der Waals surface area contributed by atoms with Gasteiger partial charge >= 0.3 is 5.97 Å². The van der Waals surface area contributed by atoms with Gasteiger partial charge in [-0.05, 0) is 75.1 Å². The maximum absolute atomic E-state index is 15.1. The summed E-state index contributed by atoms with van der Waals surface area (Å²) in [5.41, 5.74) is 6.68. The van der Waals surface area contributed by atoms with Crippen molar-refractivity contribution in [2.24, 2.45) is 5.73 Å². The molecule has 0 spiro atoms. The summed E-state index contributed by atoms with van der Waals surface area (Å²) in [6, 6.07) is 10.0. The third kappa shape index (κ3) is 6.80. The van der Waals surface area contributed by atoms with Crippen LogP contribution in [-0.2, 0) is 9.53 Å². The zero-order valence-electron chi connectivity index (χ0n) is 21.9. The molecule has 1 amide bonds. The van der Waals surface area contributed by atoms with Gasteiger partial charge in [0.2, 0.25) is 5.69 Å². The van der Waals surface area contributed by atoms with Crippen LogP contribution in [0.2, 0.25) is 0 Å². The Kier molecular flexibility index (Phi) is 8.33. The summed E-state index contributed by atoms with van der Waals surface area (Å²) in [7, 11) is 0. The summed E-state index contributed by atoms with van der Waals surface area (Å²) in [4.78, 5) is 31.1. The van der Waals surface area contributed by atoms with Crippen molar-refractivity contribution in [3.63, 3.8) is 0 Å². The lowest BCUT2D eigenvalue weighted by Gasteiger charge is -2.30. The number of carbonyl (C=O) groups is 2. The number of esters is 1. The molecule has 0 bridgehead atoms. The van der Waals surface area contributed by atoms with Crippen molar-refractivity contribution < 1.29 is 27.8 Å². The number of nitrogens with zero attached hydrogens (tertiary/aromatic N) is 2. The van der Waals surface area contributed by atoms with Gasteiger partial charge in [-0.25, -0.2) is 18.4 Å². The average Bonchev–Trinajstić information content (AvgIpc) is 3.32. The van der Waals surface area contributed by atoms with Gasteiger partial charge in [0.15, 0.2) is 18.2 Å². The number of hydrogen-bond donors (Lipinski definition) is 1. The molecular formula is C29H29F2N3O4S. The molecule has 3 aromatic rings. The molecule has 1 saturated heterocycles. The van der Waals surface area contributed by atoms with E-state index in [1.807, 2.05) is 0 Å². The molecule has 0 radical (unpaired) electrons. The Hall–Kier alpha value is -3.81. The van der Waals surface area contributed by atoms with E-state index in [4.69, 9.17) is 21.8 Å². The Morgan fingerprint density at radius 2 is 1.85 bits per heavy atom. The number of hydrogen-bond acceptors (Lipinski definition) is 6. The van der Waals surface area contributed by atoms with Crippen LogP contribution in [0.4, 0.5) is 14.5 Å². The van der Waals surface area contributed by atoms with Crippen molar-refractivity contribution in [3.05, 3.63) is 70.4 Å². The van der Waals surface area contributed by atoms with Crippen LogP contribution in [0.15, 0.2) is 42.5 Å². The monoisotopic (exact) mass is 553 g/mol. The minimum Gasteiger partial charge on any atom is -0.479 e. The smallest absolute Gasteiger partial charge is 0.344 e. The molecule has 39 heavy (non-hydrogen) atoms. The summed E-state index contributed by atoms with van der Waals surface area (Å²) < 4.78 is 40.1. The first-order chi connectivity index (χ1) is 18.4. The largest absolute Gasteiger partial charge is 0.479 e. The molecule has 7 nitrogen and oxygen atoms in total. The molecule has 1 aliphatic rings. The normalized spacial score (nSPS) is 15.5. The number of thiophene rings is 1. The van der Waals surface area contributed by atoms with Gasteiger partial charge < -0.3 is 20.1 Å². The van der Waals surface area contributed by atoms with Gasteiger partial charge in [0.25, 0.3) is 5.91 Å². The number of likely N-dealkylation sites (tertiary alicyclic amines) is 1. The van der Waals surface area contributed by atoms with E-state index in [2.05, 4.69) is 4.85 Å². The first-order valence-corrected chi connectivity index (χ1v) is 13.3. The molecule has 0 unspecified atom stereocenters. The number of rotatable bonds is 6. The van der Waals surface area contributed by atoms with Crippen LogP contribution in [0, 0.1) is 18.2 Å².